The molecule has 1 aromatic heterocycles. The number of nitrogens with zero attached hydrogens (tertiary/aromatic N) is 2. The van der Waals surface area contributed by atoms with Gasteiger partial charge in [0.2, 0.25) is 0 Å². The van der Waals surface area contributed by atoms with E-state index in [4.69, 9.17) is 9.47 Å². The lowest BCUT2D eigenvalue weighted by Crippen LogP contribution is -2.31. The summed E-state index contributed by atoms with van der Waals surface area (Å²) in [6, 6.07) is 4.72. The summed E-state index contributed by atoms with van der Waals surface area (Å²) in [5.74, 6) is 0. The predicted octanol–water partition coefficient (Wildman–Crippen LogP) is 3.65. The molecule has 7 heteroatoms. The van der Waals surface area contributed by atoms with Gasteiger partial charge in [0.05, 0.1) is 5.69 Å². The lowest BCUT2D eigenvalue weighted by atomic mass is 10.2. The van der Waals surface area contributed by atoms with Crippen LogP contribution < -0.4 is 0 Å². The van der Waals surface area contributed by atoms with Gasteiger partial charge in [0.1, 0.15) is 19.4 Å². The van der Waals surface area contributed by atoms with Crippen molar-refractivity contribution in [3.8, 4) is 0 Å². The van der Waals surface area contributed by atoms with Gasteiger partial charge < -0.3 is 9.47 Å². The monoisotopic (exact) mass is 372 g/mol. The van der Waals surface area contributed by atoms with Gasteiger partial charge in [0.25, 0.3) is 0 Å². The molecule has 1 aliphatic rings. The average Bonchev–Trinajstić information content (AvgIpc) is 2.76. The van der Waals surface area contributed by atoms with Crippen molar-refractivity contribution in [2.24, 2.45) is 0 Å². The topological polar surface area (TPSA) is 51.7 Å². The summed E-state index contributed by atoms with van der Waals surface area (Å²) >= 11 is 3.36. The highest BCUT2D eigenvalue weighted by atomic mass is 79.9. The molecule has 1 aromatic rings. The fourth-order valence-electron chi connectivity index (χ4n) is 1.96. The van der Waals surface area contributed by atoms with E-state index in [1.54, 1.807) is 11.1 Å². The van der Waals surface area contributed by atoms with Gasteiger partial charge in [-0.3, -0.25) is 9.88 Å². The summed E-state index contributed by atoms with van der Waals surface area (Å²) in [4.78, 5) is 17.8. The second-order valence-electron chi connectivity index (χ2n) is 6.31. The molecule has 0 unspecified atom stereocenters. The van der Waals surface area contributed by atoms with E-state index in [9.17, 15) is 4.79 Å². The normalized spacial score (nSPS) is 19.0. The van der Waals surface area contributed by atoms with E-state index in [0.717, 1.165) is 16.2 Å². The van der Waals surface area contributed by atoms with Crippen LogP contribution in [0, 0.1) is 0 Å². The lowest BCUT2D eigenvalue weighted by molar-refractivity contribution is 0.0443. The molecule has 0 aromatic carbocycles. The number of hydrogen-bond donors (Lipinski definition) is 0. The van der Waals surface area contributed by atoms with Crippen LogP contribution >= 0.6 is 15.9 Å². The number of carbonyl (C=O) groups excluding carboxylic acids is 1. The van der Waals surface area contributed by atoms with Crippen molar-refractivity contribution in [2.45, 2.75) is 31.7 Å². The first-order valence-electron chi connectivity index (χ1n) is 6.99. The van der Waals surface area contributed by atoms with E-state index < -0.39 is 8.07 Å². The Morgan fingerprint density at radius 1 is 1.48 bits per heavy atom. The van der Waals surface area contributed by atoms with Crippen LogP contribution in [0.5, 0.6) is 0 Å². The van der Waals surface area contributed by atoms with Crippen molar-refractivity contribution in [3.63, 3.8) is 0 Å². The summed E-state index contributed by atoms with van der Waals surface area (Å²) < 4.78 is 11.7. The van der Waals surface area contributed by atoms with Crippen LogP contribution in [0.4, 0.5) is 4.79 Å². The second-order valence-corrected chi connectivity index (χ2v) is 12.8. The molecular weight excluding hydrogens is 352 g/mol. The molecular formula is C14H21BrN2O3Si. The number of ether oxygens (including phenoxy) is 2. The predicted molar refractivity (Wildman–Crippen MR) is 86.8 cm³/mol. The van der Waals surface area contributed by atoms with Crippen LogP contribution in [0.25, 0.3) is 0 Å². The number of amides is 1. The quantitative estimate of drug-likeness (QED) is 0.564. The second kappa shape index (κ2) is 6.89. The molecule has 1 aliphatic heterocycles. The molecule has 21 heavy (non-hydrogen) atoms. The molecule has 0 radical (unpaired) electrons. The molecule has 2 heterocycles. The van der Waals surface area contributed by atoms with Crippen molar-refractivity contribution in [3.05, 3.63) is 28.5 Å². The zero-order chi connectivity index (χ0) is 15.5. The molecule has 1 fully saturated rings. The zero-order valence-electron chi connectivity index (χ0n) is 12.6. The fourth-order valence-corrected chi connectivity index (χ4v) is 2.95. The number of halogens is 1. The van der Waals surface area contributed by atoms with Crippen LogP contribution in [0.3, 0.4) is 0 Å². The highest BCUT2D eigenvalue weighted by molar-refractivity contribution is 9.10. The van der Waals surface area contributed by atoms with Crippen molar-refractivity contribution >= 4 is 30.1 Å². The molecule has 1 atom stereocenters. The Kier molecular flexibility index (Phi) is 5.40. The smallest absolute Gasteiger partial charge is 0.412 e. The van der Waals surface area contributed by atoms with E-state index >= 15 is 0 Å². The molecule has 0 N–H and O–H groups in total. The third-order valence-electron chi connectivity index (χ3n) is 3.29. The minimum Gasteiger partial charge on any atom is -0.447 e. The third kappa shape index (κ3) is 4.79. The number of carbonyl (C=O) groups is 1. The number of hydrogen-bond acceptors (Lipinski definition) is 4. The van der Waals surface area contributed by atoms with Crippen LogP contribution in [0.2, 0.25) is 25.7 Å². The zero-order valence-corrected chi connectivity index (χ0v) is 15.2. The van der Waals surface area contributed by atoms with Crippen molar-refractivity contribution in [1.82, 2.24) is 9.88 Å². The molecule has 1 amide bonds. The van der Waals surface area contributed by atoms with E-state index in [-0.39, 0.29) is 18.9 Å². The molecule has 5 nitrogen and oxygen atoms in total. The number of aromatic nitrogens is 1. The highest BCUT2D eigenvalue weighted by Crippen LogP contribution is 2.26. The van der Waals surface area contributed by atoms with E-state index in [1.807, 2.05) is 12.1 Å². The minimum atomic E-state index is -1.12. The van der Waals surface area contributed by atoms with Gasteiger partial charge in [-0.1, -0.05) is 19.6 Å². The Hall–Kier alpha value is -0.923. The molecule has 0 bridgehead atoms. The Balaban J connectivity index is 1.93. The van der Waals surface area contributed by atoms with Crippen molar-refractivity contribution in [1.29, 1.82) is 0 Å². The van der Waals surface area contributed by atoms with Crippen LogP contribution in [-0.4, -0.2) is 44.0 Å². The summed E-state index contributed by atoms with van der Waals surface area (Å²) in [5, 5.41) is 0. The van der Waals surface area contributed by atoms with Crippen molar-refractivity contribution < 1.29 is 14.3 Å². The molecule has 0 aliphatic carbocycles. The highest BCUT2D eigenvalue weighted by Gasteiger charge is 2.35. The molecule has 116 valence electrons. The van der Waals surface area contributed by atoms with Gasteiger partial charge in [0, 0.05) is 25.4 Å². The fraction of sp³-hybridized carbons (Fsp3) is 0.571. The van der Waals surface area contributed by atoms with Gasteiger partial charge in [-0.2, -0.15) is 0 Å². The van der Waals surface area contributed by atoms with Gasteiger partial charge in [-0.05, 0) is 34.1 Å². The van der Waals surface area contributed by atoms with Gasteiger partial charge in [0.15, 0.2) is 0 Å². The standard InChI is InChI=1S/C14H21BrN2O3Si/c1-21(2,3)7-6-19-10-17-13(9-20-14(17)18)12-5-4-11(15)8-16-12/h4-5,8,13H,6-7,9-10H2,1-3H3/t13-/m0/s1. The number of cyclic esters (lactones) is 1. The Bertz CT molecular complexity index is 490. The largest absolute Gasteiger partial charge is 0.447 e. The Morgan fingerprint density at radius 3 is 2.86 bits per heavy atom. The first-order chi connectivity index (χ1) is 9.87. The van der Waals surface area contributed by atoms with Crippen molar-refractivity contribution in [2.75, 3.05) is 19.9 Å². The van der Waals surface area contributed by atoms with Gasteiger partial charge in [-0.25, -0.2) is 4.79 Å². The Morgan fingerprint density at radius 2 is 2.24 bits per heavy atom. The van der Waals surface area contributed by atoms with Crippen LogP contribution in [-0.2, 0) is 9.47 Å². The summed E-state index contributed by atoms with van der Waals surface area (Å²) in [5.41, 5.74) is 0.817. The number of pyridine rings is 1. The minimum absolute atomic E-state index is 0.169. The van der Waals surface area contributed by atoms with E-state index in [0.29, 0.717) is 13.2 Å². The van der Waals surface area contributed by atoms with Gasteiger partial charge in [-0.15, -0.1) is 0 Å². The lowest BCUT2D eigenvalue weighted by Gasteiger charge is -2.22. The maximum atomic E-state index is 11.8. The van der Waals surface area contributed by atoms with Crippen LogP contribution in [0.1, 0.15) is 11.7 Å². The van der Waals surface area contributed by atoms with E-state index in [2.05, 4.69) is 40.6 Å². The summed E-state index contributed by atoms with van der Waals surface area (Å²) in [6.07, 6.45) is 1.39. The maximum Gasteiger partial charge on any atom is 0.412 e. The maximum absolute atomic E-state index is 11.8. The third-order valence-corrected chi connectivity index (χ3v) is 5.47. The molecule has 0 saturated carbocycles. The summed E-state index contributed by atoms with van der Waals surface area (Å²) in [7, 11) is -1.12. The number of rotatable bonds is 6. The van der Waals surface area contributed by atoms with Gasteiger partial charge >= 0.3 is 6.09 Å². The summed E-state index contributed by atoms with van der Waals surface area (Å²) in [6.45, 7) is 8.16. The molecule has 2 rings (SSSR count). The van der Waals surface area contributed by atoms with Crippen LogP contribution in [0.15, 0.2) is 22.8 Å². The Labute approximate surface area is 134 Å². The SMILES string of the molecule is C[Si](C)(C)CCOCN1C(=O)OC[C@H]1c1ccc(Br)cn1. The van der Waals surface area contributed by atoms with E-state index in [1.165, 1.54) is 0 Å². The molecule has 0 spiro atoms. The molecule has 1 saturated heterocycles. The average molecular weight is 373 g/mol. The first-order valence-corrected chi connectivity index (χ1v) is 11.5. The first kappa shape index (κ1) is 16.4.